The van der Waals surface area contributed by atoms with Crippen molar-refractivity contribution >= 4 is 0 Å². The molecule has 0 N–H and O–H groups in total. The molecule has 1 nitrogen and oxygen atoms in total. The lowest BCUT2D eigenvalue weighted by atomic mass is 10.6. The molecule has 0 aromatic carbocycles. The molecule has 64 valence electrons. The van der Waals surface area contributed by atoms with E-state index in [4.69, 9.17) is 0 Å². The molecule has 0 atom stereocenters. The van der Waals surface area contributed by atoms with E-state index in [1.807, 2.05) is 52.0 Å². The largest absolute Gasteiger partial charge is 0.473 e. The van der Waals surface area contributed by atoms with Gasteiger partial charge in [0.1, 0.15) is 0 Å². The van der Waals surface area contributed by atoms with Crippen molar-refractivity contribution in [1.29, 1.82) is 0 Å². The lowest BCUT2D eigenvalue weighted by molar-refractivity contribution is 0.567. The fraction of sp³-hybridized carbons (Fsp3) is 0.400. The molecule has 0 bridgehead atoms. The molecule has 11 heavy (non-hydrogen) atoms. The van der Waals surface area contributed by atoms with E-state index in [0.717, 1.165) is 0 Å². The third-order valence-electron chi connectivity index (χ3n) is 0.759. The average molecular weight is 154 g/mol. The fourth-order valence-corrected chi connectivity index (χ4v) is 0.227. The summed E-state index contributed by atoms with van der Waals surface area (Å²) < 4.78 is 4.58. The molecule has 0 saturated heterocycles. The average Bonchev–Trinajstić information content (AvgIpc) is 2.65. The number of furan rings is 1. The van der Waals surface area contributed by atoms with Gasteiger partial charge in [0.15, 0.2) is 0 Å². The van der Waals surface area contributed by atoms with Crippen molar-refractivity contribution in [3.63, 3.8) is 0 Å². The molecule has 0 spiro atoms. The summed E-state index contributed by atoms with van der Waals surface area (Å²) in [4.78, 5) is 0. The second kappa shape index (κ2) is 16.0. The number of hydrogen-bond acceptors (Lipinski definition) is 1. The third-order valence-corrected chi connectivity index (χ3v) is 0.759. The topological polar surface area (TPSA) is 13.1 Å². The summed E-state index contributed by atoms with van der Waals surface area (Å²) in [6.07, 6.45) is 7.25. The molecule has 0 saturated carbocycles. The minimum absolute atomic E-state index is 1.62. The molecule has 0 fully saturated rings. The van der Waals surface area contributed by atoms with Gasteiger partial charge in [0.25, 0.3) is 0 Å². The van der Waals surface area contributed by atoms with E-state index >= 15 is 0 Å². The maximum Gasteiger partial charge on any atom is 0.0902 e. The third kappa shape index (κ3) is 17.6. The number of allylic oxidation sites excluding steroid dienone is 2. The zero-order chi connectivity index (χ0) is 8.95. The van der Waals surface area contributed by atoms with Crippen molar-refractivity contribution in [3.8, 4) is 0 Å². The Hall–Kier alpha value is -0.980. The van der Waals surface area contributed by atoms with E-state index in [0.29, 0.717) is 0 Å². The molecule has 0 unspecified atom stereocenters. The highest BCUT2D eigenvalue weighted by atomic mass is 16.3. The maximum atomic E-state index is 4.58. The Morgan fingerprint density at radius 3 is 1.36 bits per heavy atom. The minimum atomic E-state index is 1.62. The summed E-state index contributed by atoms with van der Waals surface area (Å²) in [5.41, 5.74) is 0. The first-order valence-corrected chi connectivity index (χ1v) is 3.96. The zero-order valence-electron chi connectivity index (χ0n) is 7.87. The van der Waals surface area contributed by atoms with Crippen LogP contribution in [0.5, 0.6) is 0 Å². The van der Waals surface area contributed by atoms with Crippen LogP contribution in [-0.4, -0.2) is 0 Å². The highest BCUT2D eigenvalue weighted by molar-refractivity contribution is 4.79. The first-order chi connectivity index (χ1) is 5.41. The molecule has 0 aliphatic heterocycles. The maximum absolute atomic E-state index is 4.58. The van der Waals surface area contributed by atoms with Crippen molar-refractivity contribution in [2.24, 2.45) is 0 Å². The monoisotopic (exact) mass is 154 g/mol. The Labute approximate surface area is 69.7 Å². The van der Waals surface area contributed by atoms with Crippen molar-refractivity contribution in [3.05, 3.63) is 36.8 Å². The lowest BCUT2D eigenvalue weighted by Gasteiger charge is -1.50. The van der Waals surface area contributed by atoms with E-state index in [-0.39, 0.29) is 0 Å². The first-order valence-electron chi connectivity index (χ1n) is 3.96. The summed E-state index contributed by atoms with van der Waals surface area (Å²) in [6, 6.07) is 3.67. The van der Waals surface area contributed by atoms with Crippen LogP contribution in [0.3, 0.4) is 0 Å². The van der Waals surface area contributed by atoms with Gasteiger partial charge in [-0.25, -0.2) is 0 Å². The van der Waals surface area contributed by atoms with Gasteiger partial charge in [0.05, 0.1) is 12.5 Å². The van der Waals surface area contributed by atoms with Gasteiger partial charge in [0, 0.05) is 0 Å². The molecule has 1 heteroatoms. The minimum Gasteiger partial charge on any atom is -0.473 e. The van der Waals surface area contributed by atoms with Crippen LogP contribution in [0.25, 0.3) is 0 Å². The summed E-state index contributed by atoms with van der Waals surface area (Å²) in [5, 5.41) is 0. The summed E-state index contributed by atoms with van der Waals surface area (Å²) in [5.74, 6) is 0. The van der Waals surface area contributed by atoms with Gasteiger partial charge in [-0.1, -0.05) is 26.0 Å². The SMILES string of the molecule is CC.CC=CC.c1ccoc1. The van der Waals surface area contributed by atoms with Crippen LogP contribution in [-0.2, 0) is 0 Å². The molecular formula is C10H18O. The number of rotatable bonds is 0. The van der Waals surface area contributed by atoms with Crippen molar-refractivity contribution in [2.75, 3.05) is 0 Å². The predicted molar refractivity (Wildman–Crippen MR) is 50.5 cm³/mol. The molecule has 1 heterocycles. The summed E-state index contributed by atoms with van der Waals surface area (Å²) >= 11 is 0. The number of hydrogen-bond donors (Lipinski definition) is 0. The molecule has 0 radical (unpaired) electrons. The smallest absolute Gasteiger partial charge is 0.0902 e. The Bertz CT molecular complexity index is 107. The van der Waals surface area contributed by atoms with Gasteiger partial charge in [-0.2, -0.15) is 0 Å². The van der Waals surface area contributed by atoms with E-state index in [9.17, 15) is 0 Å². The lowest BCUT2D eigenvalue weighted by Crippen LogP contribution is -1.26. The second-order valence-corrected chi connectivity index (χ2v) is 1.46. The van der Waals surface area contributed by atoms with Crippen molar-refractivity contribution in [2.45, 2.75) is 27.7 Å². The molecular weight excluding hydrogens is 136 g/mol. The molecule has 0 aliphatic rings. The molecule has 0 aliphatic carbocycles. The Balaban J connectivity index is 0. The molecule has 1 rings (SSSR count). The highest BCUT2D eigenvalue weighted by Crippen LogP contribution is 1.79. The standard InChI is InChI=1S/C4H4O.C4H8.C2H6/c1-2-4-5-3-1;1-3-4-2;1-2/h1-4H;3-4H,1-2H3;1-2H3. The Kier molecular flexibility index (Phi) is 18.4. The van der Waals surface area contributed by atoms with Crippen molar-refractivity contribution in [1.82, 2.24) is 0 Å². The van der Waals surface area contributed by atoms with Gasteiger partial charge in [0.2, 0.25) is 0 Å². The normalized spacial score (nSPS) is 7.64. The van der Waals surface area contributed by atoms with Gasteiger partial charge in [-0.05, 0) is 26.0 Å². The van der Waals surface area contributed by atoms with E-state index < -0.39 is 0 Å². The van der Waals surface area contributed by atoms with Crippen LogP contribution in [0.4, 0.5) is 0 Å². The van der Waals surface area contributed by atoms with Crippen LogP contribution in [0, 0.1) is 0 Å². The molecule has 1 aromatic rings. The molecule has 0 amide bonds. The Morgan fingerprint density at radius 1 is 0.909 bits per heavy atom. The van der Waals surface area contributed by atoms with Gasteiger partial charge >= 0.3 is 0 Å². The first kappa shape index (κ1) is 12.7. The van der Waals surface area contributed by atoms with Crippen LogP contribution >= 0.6 is 0 Å². The van der Waals surface area contributed by atoms with E-state index in [1.165, 1.54) is 0 Å². The summed E-state index contributed by atoms with van der Waals surface area (Å²) in [6.45, 7) is 8.00. The van der Waals surface area contributed by atoms with Crippen LogP contribution in [0.1, 0.15) is 27.7 Å². The van der Waals surface area contributed by atoms with Gasteiger partial charge in [-0.3, -0.25) is 0 Å². The van der Waals surface area contributed by atoms with Crippen molar-refractivity contribution < 1.29 is 4.42 Å². The van der Waals surface area contributed by atoms with Gasteiger partial charge < -0.3 is 4.42 Å². The Morgan fingerprint density at radius 2 is 1.27 bits per heavy atom. The quantitative estimate of drug-likeness (QED) is 0.517. The predicted octanol–water partition coefficient (Wildman–Crippen LogP) is 3.89. The summed E-state index contributed by atoms with van der Waals surface area (Å²) in [7, 11) is 0. The van der Waals surface area contributed by atoms with E-state index in [2.05, 4.69) is 4.42 Å². The second-order valence-electron chi connectivity index (χ2n) is 1.46. The van der Waals surface area contributed by atoms with Crippen LogP contribution in [0.2, 0.25) is 0 Å². The highest BCUT2D eigenvalue weighted by Gasteiger charge is 1.58. The van der Waals surface area contributed by atoms with Gasteiger partial charge in [-0.15, -0.1) is 0 Å². The van der Waals surface area contributed by atoms with Crippen LogP contribution < -0.4 is 0 Å². The van der Waals surface area contributed by atoms with E-state index in [1.54, 1.807) is 12.5 Å². The van der Waals surface area contributed by atoms with Crippen LogP contribution in [0.15, 0.2) is 41.2 Å². The fourth-order valence-electron chi connectivity index (χ4n) is 0.227. The molecule has 1 aromatic heterocycles. The zero-order valence-corrected chi connectivity index (χ0v) is 7.87.